The summed E-state index contributed by atoms with van der Waals surface area (Å²) in [5.74, 6) is 0.654. The van der Waals surface area contributed by atoms with Crippen LogP contribution in [0, 0.1) is 5.92 Å². The summed E-state index contributed by atoms with van der Waals surface area (Å²) in [7, 11) is 0. The van der Waals surface area contributed by atoms with E-state index in [0.717, 1.165) is 18.7 Å². The second kappa shape index (κ2) is 6.11. The van der Waals surface area contributed by atoms with Gasteiger partial charge in [0.05, 0.1) is 6.10 Å². The van der Waals surface area contributed by atoms with Gasteiger partial charge in [-0.25, -0.2) is 0 Å². The number of likely N-dealkylation sites (tertiary alicyclic amines) is 1. The van der Waals surface area contributed by atoms with Crippen LogP contribution < -0.4 is 5.32 Å². The van der Waals surface area contributed by atoms with Gasteiger partial charge in [-0.2, -0.15) is 0 Å². The molecular formula is C16H30N2O. The molecule has 2 unspecified atom stereocenters. The van der Waals surface area contributed by atoms with E-state index in [1.165, 1.54) is 51.6 Å². The van der Waals surface area contributed by atoms with Gasteiger partial charge in [-0.1, -0.05) is 13.8 Å². The first-order chi connectivity index (χ1) is 9.22. The Bertz CT molecular complexity index is 282. The van der Waals surface area contributed by atoms with Gasteiger partial charge in [0, 0.05) is 24.7 Å². The zero-order chi connectivity index (χ0) is 13.2. The van der Waals surface area contributed by atoms with Crippen LogP contribution in [-0.2, 0) is 4.74 Å². The minimum atomic E-state index is 0.470. The maximum atomic E-state index is 5.87. The number of hydrogen-bond acceptors (Lipinski definition) is 3. The average molecular weight is 266 g/mol. The zero-order valence-electron chi connectivity index (χ0n) is 12.6. The summed E-state index contributed by atoms with van der Waals surface area (Å²) >= 11 is 0. The fraction of sp³-hybridized carbons (Fsp3) is 1.00. The molecule has 2 heterocycles. The summed E-state index contributed by atoms with van der Waals surface area (Å²) in [5, 5.41) is 3.92. The minimum Gasteiger partial charge on any atom is -0.378 e. The Morgan fingerprint density at radius 3 is 2.37 bits per heavy atom. The van der Waals surface area contributed by atoms with Crippen molar-refractivity contribution in [3.8, 4) is 0 Å². The Morgan fingerprint density at radius 1 is 1.00 bits per heavy atom. The number of ether oxygens (including phenoxy) is 1. The third kappa shape index (κ3) is 3.71. The number of hydrogen-bond donors (Lipinski definition) is 1. The zero-order valence-corrected chi connectivity index (χ0v) is 12.6. The van der Waals surface area contributed by atoms with Gasteiger partial charge < -0.3 is 15.0 Å². The van der Waals surface area contributed by atoms with Gasteiger partial charge in [0.2, 0.25) is 0 Å². The van der Waals surface area contributed by atoms with E-state index < -0.39 is 0 Å². The lowest BCUT2D eigenvalue weighted by atomic mass is 9.93. The highest BCUT2D eigenvalue weighted by Crippen LogP contribution is 2.29. The Hall–Kier alpha value is -0.120. The Kier molecular flexibility index (Phi) is 4.45. The molecule has 19 heavy (non-hydrogen) atoms. The van der Waals surface area contributed by atoms with Crippen molar-refractivity contribution >= 4 is 0 Å². The highest BCUT2D eigenvalue weighted by Gasteiger charge is 2.33. The SMILES string of the molecule is CC(C)C1CC(NC2CCN(C3CC3)CC2)CCO1. The molecule has 0 amide bonds. The van der Waals surface area contributed by atoms with Crippen molar-refractivity contribution < 1.29 is 4.74 Å². The molecule has 3 heteroatoms. The van der Waals surface area contributed by atoms with E-state index in [-0.39, 0.29) is 0 Å². The van der Waals surface area contributed by atoms with Crippen molar-refractivity contribution in [2.24, 2.45) is 5.92 Å². The Morgan fingerprint density at radius 2 is 1.74 bits per heavy atom. The molecule has 3 nitrogen and oxygen atoms in total. The van der Waals surface area contributed by atoms with Crippen LogP contribution in [-0.4, -0.2) is 48.8 Å². The summed E-state index contributed by atoms with van der Waals surface area (Å²) < 4.78 is 5.87. The molecule has 1 aliphatic carbocycles. The lowest BCUT2D eigenvalue weighted by molar-refractivity contribution is -0.0270. The molecular weight excluding hydrogens is 236 g/mol. The molecule has 2 saturated heterocycles. The fourth-order valence-electron chi connectivity index (χ4n) is 3.65. The maximum absolute atomic E-state index is 5.87. The third-order valence-electron chi connectivity index (χ3n) is 5.12. The summed E-state index contributed by atoms with van der Waals surface area (Å²) in [5.41, 5.74) is 0. The van der Waals surface area contributed by atoms with Crippen LogP contribution in [0.5, 0.6) is 0 Å². The van der Waals surface area contributed by atoms with Crippen molar-refractivity contribution in [3.05, 3.63) is 0 Å². The minimum absolute atomic E-state index is 0.470. The van der Waals surface area contributed by atoms with Gasteiger partial charge in [-0.05, 0) is 57.5 Å². The van der Waals surface area contributed by atoms with Crippen LogP contribution >= 0.6 is 0 Å². The van der Waals surface area contributed by atoms with Crippen LogP contribution in [0.2, 0.25) is 0 Å². The molecule has 0 bridgehead atoms. The smallest absolute Gasteiger partial charge is 0.0612 e. The summed E-state index contributed by atoms with van der Waals surface area (Å²) in [6.07, 6.45) is 8.48. The van der Waals surface area contributed by atoms with E-state index in [0.29, 0.717) is 18.1 Å². The van der Waals surface area contributed by atoms with Gasteiger partial charge in [0.25, 0.3) is 0 Å². The third-order valence-corrected chi connectivity index (χ3v) is 5.12. The number of piperidine rings is 1. The molecule has 1 N–H and O–H groups in total. The average Bonchev–Trinajstić information content (AvgIpc) is 3.24. The van der Waals surface area contributed by atoms with Crippen LogP contribution in [0.4, 0.5) is 0 Å². The van der Waals surface area contributed by atoms with Gasteiger partial charge in [-0.3, -0.25) is 0 Å². The van der Waals surface area contributed by atoms with E-state index in [4.69, 9.17) is 4.74 Å². The van der Waals surface area contributed by atoms with Gasteiger partial charge in [0.15, 0.2) is 0 Å². The molecule has 110 valence electrons. The molecule has 2 atom stereocenters. The molecule has 3 fully saturated rings. The number of rotatable bonds is 4. The standard InChI is InChI=1S/C16H30N2O/c1-12(2)16-11-14(7-10-19-16)17-13-5-8-18(9-6-13)15-3-4-15/h12-17H,3-11H2,1-2H3. The van der Waals surface area contributed by atoms with Gasteiger partial charge in [0.1, 0.15) is 0 Å². The first-order valence-corrected chi connectivity index (χ1v) is 8.34. The molecule has 2 aliphatic heterocycles. The first kappa shape index (κ1) is 13.8. The summed E-state index contributed by atoms with van der Waals surface area (Å²) in [6, 6.07) is 2.40. The normalized spacial score (nSPS) is 34.9. The topological polar surface area (TPSA) is 24.5 Å². The van der Waals surface area contributed by atoms with Crippen LogP contribution in [0.25, 0.3) is 0 Å². The lowest BCUT2D eigenvalue weighted by Gasteiger charge is -2.38. The summed E-state index contributed by atoms with van der Waals surface area (Å²) in [4.78, 5) is 2.71. The predicted molar refractivity (Wildman–Crippen MR) is 78.4 cm³/mol. The van der Waals surface area contributed by atoms with Gasteiger partial charge >= 0.3 is 0 Å². The predicted octanol–water partition coefficient (Wildman–Crippen LogP) is 2.41. The van der Waals surface area contributed by atoms with E-state index in [2.05, 4.69) is 24.1 Å². The molecule has 0 aromatic heterocycles. The van der Waals surface area contributed by atoms with Crippen molar-refractivity contribution in [1.29, 1.82) is 0 Å². The van der Waals surface area contributed by atoms with Crippen LogP contribution in [0.15, 0.2) is 0 Å². The molecule has 0 aromatic carbocycles. The Labute approximate surface area is 118 Å². The second-order valence-electron chi connectivity index (χ2n) is 7.08. The highest BCUT2D eigenvalue weighted by molar-refractivity contribution is 4.90. The van der Waals surface area contributed by atoms with E-state index in [1.807, 2.05) is 0 Å². The molecule has 0 aromatic rings. The molecule has 1 saturated carbocycles. The van der Waals surface area contributed by atoms with E-state index in [9.17, 15) is 0 Å². The second-order valence-corrected chi connectivity index (χ2v) is 7.08. The van der Waals surface area contributed by atoms with Crippen molar-refractivity contribution in [1.82, 2.24) is 10.2 Å². The van der Waals surface area contributed by atoms with Gasteiger partial charge in [-0.15, -0.1) is 0 Å². The summed E-state index contributed by atoms with van der Waals surface area (Å²) in [6.45, 7) is 8.14. The quantitative estimate of drug-likeness (QED) is 0.845. The fourth-order valence-corrected chi connectivity index (χ4v) is 3.65. The Balaban J connectivity index is 1.41. The highest BCUT2D eigenvalue weighted by atomic mass is 16.5. The largest absolute Gasteiger partial charge is 0.378 e. The van der Waals surface area contributed by atoms with E-state index in [1.54, 1.807) is 0 Å². The molecule has 3 aliphatic rings. The maximum Gasteiger partial charge on any atom is 0.0612 e. The first-order valence-electron chi connectivity index (χ1n) is 8.34. The molecule has 0 radical (unpaired) electrons. The van der Waals surface area contributed by atoms with Crippen molar-refractivity contribution in [2.75, 3.05) is 19.7 Å². The molecule has 0 spiro atoms. The van der Waals surface area contributed by atoms with Crippen LogP contribution in [0.3, 0.4) is 0 Å². The molecule has 3 rings (SSSR count). The van der Waals surface area contributed by atoms with Crippen molar-refractivity contribution in [2.45, 2.75) is 76.6 Å². The lowest BCUT2D eigenvalue weighted by Crippen LogP contribution is -2.49. The van der Waals surface area contributed by atoms with Crippen molar-refractivity contribution in [3.63, 3.8) is 0 Å². The number of nitrogens with one attached hydrogen (secondary N) is 1. The van der Waals surface area contributed by atoms with Crippen LogP contribution in [0.1, 0.15) is 52.4 Å². The van der Waals surface area contributed by atoms with E-state index >= 15 is 0 Å². The monoisotopic (exact) mass is 266 g/mol. The number of nitrogens with zero attached hydrogens (tertiary/aromatic N) is 1.